The number of aromatic nitrogens is 2. The maximum Gasteiger partial charge on any atom is 0.258 e. The van der Waals surface area contributed by atoms with Gasteiger partial charge in [-0.15, -0.1) is 0 Å². The van der Waals surface area contributed by atoms with Crippen molar-refractivity contribution in [1.82, 2.24) is 14.9 Å². The molecule has 0 saturated heterocycles. The number of nitrogens with zero attached hydrogens (tertiary/aromatic N) is 2. The highest BCUT2D eigenvalue weighted by Crippen LogP contribution is 2.33. The number of amides is 1. The lowest BCUT2D eigenvalue weighted by molar-refractivity contribution is 0.0919. The number of aryl methyl sites for hydroxylation is 1. The standard InChI is InChI=1S/C18H21F2N3O2S/c1-23-10-9-21-18(23)26-12-5-3-11(4-6-12)22-17(24)15-14(25-2)8-7-13(19)16(15)20/h7-12H,3-6H2,1-2H3,(H,22,24). The Morgan fingerprint density at radius 1 is 1.31 bits per heavy atom. The molecule has 1 amide bonds. The molecule has 1 N–H and O–H groups in total. The van der Waals surface area contributed by atoms with Gasteiger partial charge in [0, 0.05) is 30.7 Å². The summed E-state index contributed by atoms with van der Waals surface area (Å²) >= 11 is 1.74. The number of methoxy groups -OCH3 is 1. The normalized spacial score (nSPS) is 20.0. The molecule has 3 rings (SSSR count). The Labute approximate surface area is 155 Å². The molecule has 0 spiro atoms. The third-order valence-electron chi connectivity index (χ3n) is 4.56. The van der Waals surface area contributed by atoms with Crippen molar-refractivity contribution in [3.05, 3.63) is 41.7 Å². The molecule has 1 saturated carbocycles. The van der Waals surface area contributed by atoms with Gasteiger partial charge in [-0.25, -0.2) is 13.8 Å². The van der Waals surface area contributed by atoms with Crippen LogP contribution in [0.4, 0.5) is 8.78 Å². The number of nitrogens with one attached hydrogen (secondary N) is 1. The molecule has 1 aromatic heterocycles. The van der Waals surface area contributed by atoms with Crippen molar-refractivity contribution in [1.29, 1.82) is 0 Å². The van der Waals surface area contributed by atoms with E-state index in [0.29, 0.717) is 5.25 Å². The SMILES string of the molecule is COc1ccc(F)c(F)c1C(=O)NC1CCC(Sc2nccn2C)CC1. The third-order valence-corrected chi connectivity index (χ3v) is 5.97. The van der Waals surface area contributed by atoms with Crippen LogP contribution >= 0.6 is 11.8 Å². The molecule has 8 heteroatoms. The molecule has 1 fully saturated rings. The minimum Gasteiger partial charge on any atom is -0.496 e. The Morgan fingerprint density at radius 2 is 2.04 bits per heavy atom. The summed E-state index contributed by atoms with van der Waals surface area (Å²) in [5.41, 5.74) is -0.378. The number of hydrogen-bond donors (Lipinski definition) is 1. The van der Waals surface area contributed by atoms with Gasteiger partial charge in [-0.05, 0) is 37.8 Å². The van der Waals surface area contributed by atoms with Gasteiger partial charge in [-0.3, -0.25) is 4.79 Å². The maximum absolute atomic E-state index is 14.0. The number of rotatable bonds is 5. The van der Waals surface area contributed by atoms with Gasteiger partial charge >= 0.3 is 0 Å². The summed E-state index contributed by atoms with van der Waals surface area (Å²) in [6.07, 6.45) is 7.10. The van der Waals surface area contributed by atoms with Crippen LogP contribution in [0.5, 0.6) is 5.75 Å². The molecule has 0 atom stereocenters. The molecule has 26 heavy (non-hydrogen) atoms. The largest absolute Gasteiger partial charge is 0.496 e. The highest BCUT2D eigenvalue weighted by atomic mass is 32.2. The molecule has 1 aliphatic carbocycles. The Bertz CT molecular complexity index is 789. The van der Waals surface area contributed by atoms with Crippen LogP contribution in [-0.4, -0.2) is 33.9 Å². The lowest BCUT2D eigenvalue weighted by atomic mass is 9.94. The van der Waals surface area contributed by atoms with E-state index in [4.69, 9.17) is 4.74 Å². The fourth-order valence-electron chi connectivity index (χ4n) is 3.11. The first-order chi connectivity index (χ1) is 12.5. The molecule has 0 unspecified atom stereocenters. The van der Waals surface area contributed by atoms with Crippen LogP contribution in [0.3, 0.4) is 0 Å². The van der Waals surface area contributed by atoms with Crippen molar-refractivity contribution in [2.24, 2.45) is 7.05 Å². The molecule has 1 heterocycles. The molecule has 0 radical (unpaired) electrons. The summed E-state index contributed by atoms with van der Waals surface area (Å²) in [6.45, 7) is 0. The average molecular weight is 381 g/mol. The molecular formula is C18H21F2N3O2S. The number of halogens is 2. The van der Waals surface area contributed by atoms with Crippen molar-refractivity contribution in [2.75, 3.05) is 7.11 Å². The maximum atomic E-state index is 14.0. The topological polar surface area (TPSA) is 56.1 Å². The highest BCUT2D eigenvalue weighted by Gasteiger charge is 2.27. The minimum absolute atomic E-state index is 0.0282. The number of imidazole rings is 1. The second kappa shape index (κ2) is 8.07. The summed E-state index contributed by atoms with van der Waals surface area (Å²) in [5, 5.41) is 4.22. The molecule has 5 nitrogen and oxygen atoms in total. The summed E-state index contributed by atoms with van der Waals surface area (Å²) in [4.78, 5) is 16.8. The molecule has 1 aliphatic rings. The van der Waals surface area contributed by atoms with E-state index in [1.165, 1.54) is 13.2 Å². The zero-order valence-electron chi connectivity index (χ0n) is 14.7. The zero-order chi connectivity index (χ0) is 18.7. The van der Waals surface area contributed by atoms with Gasteiger partial charge < -0.3 is 14.6 Å². The lowest BCUT2D eigenvalue weighted by Crippen LogP contribution is -2.38. The van der Waals surface area contributed by atoms with Crippen LogP contribution in [0.25, 0.3) is 0 Å². The van der Waals surface area contributed by atoms with Crippen molar-refractivity contribution >= 4 is 17.7 Å². The quantitative estimate of drug-likeness (QED) is 0.861. The fourth-order valence-corrected chi connectivity index (χ4v) is 4.27. The van der Waals surface area contributed by atoms with Gasteiger partial charge in [0.2, 0.25) is 0 Å². The number of carbonyl (C=O) groups excluding carboxylic acids is 1. The van der Waals surface area contributed by atoms with Crippen LogP contribution in [0, 0.1) is 11.6 Å². The zero-order valence-corrected chi connectivity index (χ0v) is 15.5. The van der Waals surface area contributed by atoms with Crippen molar-refractivity contribution in [3.8, 4) is 5.75 Å². The van der Waals surface area contributed by atoms with Gasteiger partial charge in [0.15, 0.2) is 16.8 Å². The first-order valence-electron chi connectivity index (χ1n) is 8.46. The molecule has 0 aliphatic heterocycles. The van der Waals surface area contributed by atoms with Crippen LogP contribution in [-0.2, 0) is 7.05 Å². The minimum atomic E-state index is -1.18. The Hall–Kier alpha value is -2.09. The Balaban J connectivity index is 1.59. The highest BCUT2D eigenvalue weighted by molar-refractivity contribution is 7.99. The Morgan fingerprint density at radius 3 is 2.65 bits per heavy atom. The number of carbonyl (C=O) groups is 1. The summed E-state index contributed by atoms with van der Waals surface area (Å²) in [7, 11) is 3.28. The number of thioether (sulfide) groups is 1. The molecule has 1 aromatic carbocycles. The first-order valence-corrected chi connectivity index (χ1v) is 9.34. The number of benzene rings is 1. The van der Waals surface area contributed by atoms with E-state index in [1.54, 1.807) is 18.0 Å². The van der Waals surface area contributed by atoms with Gasteiger partial charge in [0.25, 0.3) is 5.91 Å². The van der Waals surface area contributed by atoms with E-state index in [2.05, 4.69) is 10.3 Å². The monoisotopic (exact) mass is 381 g/mol. The van der Waals surface area contributed by atoms with E-state index < -0.39 is 17.5 Å². The number of hydrogen-bond acceptors (Lipinski definition) is 4. The third kappa shape index (κ3) is 4.00. The van der Waals surface area contributed by atoms with Crippen molar-refractivity contribution < 1.29 is 18.3 Å². The van der Waals surface area contributed by atoms with E-state index >= 15 is 0 Å². The van der Waals surface area contributed by atoms with Gasteiger partial charge in [0.05, 0.1) is 7.11 Å². The molecule has 140 valence electrons. The molecule has 2 aromatic rings. The second-order valence-electron chi connectivity index (χ2n) is 6.32. The molecular weight excluding hydrogens is 360 g/mol. The smallest absolute Gasteiger partial charge is 0.258 e. The van der Waals surface area contributed by atoms with E-state index in [9.17, 15) is 13.6 Å². The van der Waals surface area contributed by atoms with E-state index in [1.807, 2.05) is 17.8 Å². The molecule has 0 bridgehead atoms. The predicted molar refractivity (Wildman–Crippen MR) is 95.5 cm³/mol. The van der Waals surface area contributed by atoms with Crippen LogP contribution in [0.1, 0.15) is 36.0 Å². The van der Waals surface area contributed by atoms with Crippen LogP contribution in [0.2, 0.25) is 0 Å². The average Bonchev–Trinajstić information content (AvgIpc) is 3.03. The summed E-state index contributed by atoms with van der Waals surface area (Å²) < 4.78 is 34.5. The van der Waals surface area contributed by atoms with Crippen LogP contribution in [0.15, 0.2) is 29.7 Å². The second-order valence-corrected chi connectivity index (χ2v) is 7.59. The fraction of sp³-hybridized carbons (Fsp3) is 0.444. The van der Waals surface area contributed by atoms with Crippen LogP contribution < -0.4 is 10.1 Å². The van der Waals surface area contributed by atoms with E-state index in [-0.39, 0.29) is 17.4 Å². The van der Waals surface area contributed by atoms with Gasteiger partial charge in [0.1, 0.15) is 11.3 Å². The summed E-state index contributed by atoms with van der Waals surface area (Å²) in [6, 6.07) is 2.15. The predicted octanol–water partition coefficient (Wildman–Crippen LogP) is 3.54. The Kier molecular flexibility index (Phi) is 5.80. The van der Waals surface area contributed by atoms with Gasteiger partial charge in [-0.2, -0.15) is 0 Å². The van der Waals surface area contributed by atoms with E-state index in [0.717, 1.165) is 36.9 Å². The first kappa shape index (κ1) is 18.7. The number of ether oxygens (including phenoxy) is 1. The van der Waals surface area contributed by atoms with Crippen molar-refractivity contribution in [3.63, 3.8) is 0 Å². The van der Waals surface area contributed by atoms with Gasteiger partial charge in [-0.1, -0.05) is 11.8 Å². The summed E-state index contributed by atoms with van der Waals surface area (Å²) in [5.74, 6) is -2.86. The van der Waals surface area contributed by atoms with Crippen molar-refractivity contribution in [2.45, 2.75) is 42.1 Å². The lowest BCUT2D eigenvalue weighted by Gasteiger charge is -2.28.